The summed E-state index contributed by atoms with van der Waals surface area (Å²) < 4.78 is 13.7. The molecule has 0 spiro atoms. The molecule has 5 nitrogen and oxygen atoms in total. The Hall–Kier alpha value is -3.93. The van der Waals surface area contributed by atoms with E-state index in [-0.39, 0.29) is 30.1 Å². The third kappa shape index (κ3) is 3.74. The molecule has 3 aromatic carbocycles. The molecule has 37 heavy (non-hydrogen) atoms. The maximum Gasteiger partial charge on any atom is 0.254 e. The minimum Gasteiger partial charge on any atom is -0.356 e. The number of aromatic nitrogens is 1. The van der Waals surface area contributed by atoms with Crippen LogP contribution in [0.3, 0.4) is 0 Å². The van der Waals surface area contributed by atoms with E-state index in [1.165, 1.54) is 17.7 Å². The molecule has 1 aromatic heterocycles. The molecular formula is C31H30FN3O2. The topological polar surface area (TPSA) is 56.4 Å². The summed E-state index contributed by atoms with van der Waals surface area (Å²) in [6.07, 6.45) is 1.45. The van der Waals surface area contributed by atoms with Gasteiger partial charge in [0.05, 0.1) is 12.2 Å². The van der Waals surface area contributed by atoms with Gasteiger partial charge in [-0.25, -0.2) is 4.39 Å². The number of carbonyl (C=O) groups excluding carboxylic acids is 2. The van der Waals surface area contributed by atoms with Crippen molar-refractivity contribution in [3.63, 3.8) is 0 Å². The van der Waals surface area contributed by atoms with Crippen LogP contribution < -0.4 is 0 Å². The number of rotatable bonds is 5. The molecule has 0 saturated carbocycles. The van der Waals surface area contributed by atoms with Crippen molar-refractivity contribution in [2.45, 2.75) is 38.1 Å². The number of amides is 2. The number of nitrogens with zero attached hydrogens (tertiary/aromatic N) is 2. The predicted octanol–water partition coefficient (Wildman–Crippen LogP) is 5.14. The van der Waals surface area contributed by atoms with Crippen LogP contribution in [0.1, 0.15) is 47.7 Å². The van der Waals surface area contributed by atoms with Crippen molar-refractivity contribution in [2.75, 3.05) is 19.6 Å². The summed E-state index contributed by atoms with van der Waals surface area (Å²) in [6, 6.07) is 23.1. The Morgan fingerprint density at radius 3 is 2.54 bits per heavy atom. The molecule has 188 valence electrons. The molecule has 1 unspecified atom stereocenters. The monoisotopic (exact) mass is 495 g/mol. The second kappa shape index (κ2) is 8.87. The Bertz CT molecular complexity index is 1510. The summed E-state index contributed by atoms with van der Waals surface area (Å²) in [4.78, 5) is 34.7. The summed E-state index contributed by atoms with van der Waals surface area (Å²) in [5.41, 5.74) is 4.91. The predicted molar refractivity (Wildman–Crippen MR) is 142 cm³/mol. The minimum absolute atomic E-state index is 0.0286. The number of halogens is 1. The Labute approximate surface area is 215 Å². The number of benzene rings is 3. The molecule has 1 N–H and O–H groups in total. The van der Waals surface area contributed by atoms with E-state index in [2.05, 4.69) is 42.2 Å². The molecule has 0 aliphatic carbocycles. The Morgan fingerprint density at radius 1 is 1.00 bits per heavy atom. The van der Waals surface area contributed by atoms with Gasteiger partial charge in [-0.05, 0) is 60.2 Å². The maximum absolute atomic E-state index is 14.1. The van der Waals surface area contributed by atoms with Crippen LogP contribution >= 0.6 is 0 Å². The van der Waals surface area contributed by atoms with Crippen LogP contribution in [0.5, 0.6) is 0 Å². The molecule has 2 amide bonds. The Morgan fingerprint density at radius 2 is 1.78 bits per heavy atom. The highest BCUT2D eigenvalue weighted by Gasteiger charge is 2.56. The summed E-state index contributed by atoms with van der Waals surface area (Å²) in [6.45, 7) is 4.83. The van der Waals surface area contributed by atoms with Crippen LogP contribution in [0.4, 0.5) is 4.39 Å². The Balaban J connectivity index is 1.43. The molecule has 0 radical (unpaired) electrons. The van der Waals surface area contributed by atoms with Gasteiger partial charge in [-0.3, -0.25) is 9.59 Å². The van der Waals surface area contributed by atoms with Gasteiger partial charge in [0.15, 0.2) is 5.54 Å². The summed E-state index contributed by atoms with van der Waals surface area (Å²) in [7, 11) is 0. The van der Waals surface area contributed by atoms with Crippen molar-refractivity contribution < 1.29 is 14.0 Å². The van der Waals surface area contributed by atoms with E-state index in [0.29, 0.717) is 19.5 Å². The number of fused-ring (bicyclic) bond motifs is 5. The molecule has 1 saturated heterocycles. The lowest BCUT2D eigenvalue weighted by atomic mass is 9.76. The fraction of sp³-hybridized carbons (Fsp3) is 0.290. The van der Waals surface area contributed by atoms with Crippen LogP contribution in [-0.2, 0) is 28.0 Å². The van der Waals surface area contributed by atoms with Gasteiger partial charge in [-0.1, -0.05) is 61.5 Å². The second-order valence-electron chi connectivity index (χ2n) is 10.3. The standard InChI is InChI=1S/C31H30FN3O2/c1-3-20-11-13-22(14-12-20)25-18-35-27(36)19-34(16-15-21-7-6-8-23(32)17-21)30(37)31(35,2)29-28(25)24-9-4-5-10-26(24)33-29/h4-14,17,25,33H,3,15-16,18-19H2,1-2H3/t25?,31-/m0/s1. The highest BCUT2D eigenvalue weighted by atomic mass is 19.1. The highest BCUT2D eigenvalue weighted by molar-refractivity contribution is 6.01. The summed E-state index contributed by atoms with van der Waals surface area (Å²) in [5, 5.41) is 1.08. The smallest absolute Gasteiger partial charge is 0.254 e. The number of carbonyl (C=O) groups is 2. The third-order valence-corrected chi connectivity index (χ3v) is 8.17. The largest absolute Gasteiger partial charge is 0.356 e. The molecule has 3 heterocycles. The number of H-pyrrole nitrogens is 1. The van der Waals surface area contributed by atoms with Crippen molar-refractivity contribution in [3.8, 4) is 0 Å². The number of hydrogen-bond donors (Lipinski definition) is 1. The molecular weight excluding hydrogens is 465 g/mol. The Kier molecular flexibility index (Phi) is 5.63. The lowest BCUT2D eigenvalue weighted by Crippen LogP contribution is -2.67. The number of nitrogens with one attached hydrogen (secondary N) is 1. The van der Waals surface area contributed by atoms with Crippen molar-refractivity contribution in [2.24, 2.45) is 0 Å². The minimum atomic E-state index is -1.13. The van der Waals surface area contributed by atoms with Gasteiger partial charge in [-0.2, -0.15) is 0 Å². The summed E-state index contributed by atoms with van der Waals surface area (Å²) in [5.74, 6) is -0.512. The van der Waals surface area contributed by atoms with E-state index in [1.54, 1.807) is 15.9 Å². The van der Waals surface area contributed by atoms with Gasteiger partial charge in [0, 0.05) is 29.9 Å². The van der Waals surface area contributed by atoms with Crippen LogP contribution in [0, 0.1) is 5.82 Å². The first kappa shape index (κ1) is 23.5. The number of aryl methyl sites for hydroxylation is 1. The van der Waals surface area contributed by atoms with Gasteiger partial charge >= 0.3 is 0 Å². The quantitative estimate of drug-likeness (QED) is 0.417. The van der Waals surface area contributed by atoms with E-state index in [4.69, 9.17) is 0 Å². The van der Waals surface area contributed by atoms with E-state index in [1.807, 2.05) is 31.2 Å². The van der Waals surface area contributed by atoms with Gasteiger partial charge in [0.1, 0.15) is 5.82 Å². The molecule has 2 aliphatic heterocycles. The van der Waals surface area contributed by atoms with Gasteiger partial charge in [0.2, 0.25) is 5.91 Å². The van der Waals surface area contributed by atoms with E-state index in [0.717, 1.165) is 39.7 Å². The normalized spacial score (nSPS) is 21.3. The molecule has 2 aliphatic rings. The average molecular weight is 496 g/mol. The maximum atomic E-state index is 14.1. The fourth-order valence-electron chi connectivity index (χ4n) is 6.10. The first-order valence-electron chi connectivity index (χ1n) is 12.9. The number of para-hydroxylation sites is 1. The van der Waals surface area contributed by atoms with E-state index >= 15 is 0 Å². The molecule has 2 atom stereocenters. The third-order valence-electron chi connectivity index (χ3n) is 8.17. The summed E-state index contributed by atoms with van der Waals surface area (Å²) >= 11 is 0. The van der Waals surface area contributed by atoms with Gasteiger partial charge < -0.3 is 14.8 Å². The molecule has 0 bridgehead atoms. The van der Waals surface area contributed by atoms with Crippen molar-refractivity contribution >= 4 is 22.7 Å². The first-order valence-corrected chi connectivity index (χ1v) is 12.9. The zero-order valence-electron chi connectivity index (χ0n) is 21.1. The SMILES string of the molecule is CCc1ccc(C2CN3C(=O)CN(CCc4cccc(F)c4)C(=O)[C@]3(C)c3[nH]c4ccccc4c32)cc1. The van der Waals surface area contributed by atoms with Crippen LogP contribution in [-0.4, -0.2) is 46.2 Å². The fourth-order valence-corrected chi connectivity index (χ4v) is 6.10. The number of piperazine rings is 1. The number of hydrogen-bond acceptors (Lipinski definition) is 2. The highest BCUT2D eigenvalue weighted by Crippen LogP contribution is 2.48. The van der Waals surface area contributed by atoms with Gasteiger partial charge in [0.25, 0.3) is 5.91 Å². The van der Waals surface area contributed by atoms with E-state index < -0.39 is 5.54 Å². The molecule has 6 heteroatoms. The second-order valence-corrected chi connectivity index (χ2v) is 10.3. The lowest BCUT2D eigenvalue weighted by Gasteiger charge is -2.51. The van der Waals surface area contributed by atoms with Crippen LogP contribution in [0.2, 0.25) is 0 Å². The molecule has 6 rings (SSSR count). The molecule has 4 aromatic rings. The number of aromatic amines is 1. The average Bonchev–Trinajstić information content (AvgIpc) is 3.31. The van der Waals surface area contributed by atoms with E-state index in [9.17, 15) is 14.0 Å². The van der Waals surface area contributed by atoms with Crippen molar-refractivity contribution in [3.05, 3.63) is 107 Å². The first-order chi connectivity index (χ1) is 17.9. The lowest BCUT2D eigenvalue weighted by molar-refractivity contribution is -0.166. The van der Waals surface area contributed by atoms with Crippen molar-refractivity contribution in [1.82, 2.24) is 14.8 Å². The van der Waals surface area contributed by atoms with Crippen LogP contribution in [0.25, 0.3) is 10.9 Å². The van der Waals surface area contributed by atoms with Crippen LogP contribution in [0.15, 0.2) is 72.8 Å². The van der Waals surface area contributed by atoms with Gasteiger partial charge in [-0.15, -0.1) is 0 Å². The zero-order chi connectivity index (χ0) is 25.7. The molecule has 1 fully saturated rings. The van der Waals surface area contributed by atoms with Crippen molar-refractivity contribution in [1.29, 1.82) is 0 Å². The zero-order valence-corrected chi connectivity index (χ0v) is 21.1.